The molecule has 0 aliphatic carbocycles. The van der Waals surface area contributed by atoms with E-state index in [0.717, 1.165) is 0 Å². The van der Waals surface area contributed by atoms with Crippen molar-refractivity contribution in [1.82, 2.24) is 0 Å². The maximum absolute atomic E-state index is 10.1. The summed E-state index contributed by atoms with van der Waals surface area (Å²) in [5.74, 6) is 0. The number of methoxy groups -OCH3 is 1. The third-order valence-electron chi connectivity index (χ3n) is 4.13. The Kier molecular flexibility index (Phi) is 6.87. The molecule has 10 atom stereocenters. The summed E-state index contributed by atoms with van der Waals surface area (Å²) in [6.07, 6.45) is -15.3. The van der Waals surface area contributed by atoms with Crippen molar-refractivity contribution in [3.05, 3.63) is 0 Å². The Bertz CT molecular complexity index is 396. The summed E-state index contributed by atoms with van der Waals surface area (Å²) in [7, 11) is 1.24. The highest BCUT2D eigenvalue weighted by Crippen LogP contribution is 2.23. The van der Waals surface area contributed by atoms with Crippen molar-refractivity contribution >= 4 is 0 Å². The quantitative estimate of drug-likeness (QED) is 0.258. The molecule has 0 bridgehead atoms. The molecular formula is C13H24O11. The van der Waals surface area contributed by atoms with E-state index in [1.54, 1.807) is 0 Å². The molecule has 24 heavy (non-hydrogen) atoms. The third kappa shape index (κ3) is 4.03. The summed E-state index contributed by atoms with van der Waals surface area (Å²) < 4.78 is 20.5. The zero-order chi connectivity index (χ0) is 18.0. The topological polar surface area (TPSA) is 179 Å². The Morgan fingerprint density at radius 3 is 1.83 bits per heavy atom. The lowest BCUT2D eigenvalue weighted by molar-refractivity contribution is -0.254. The van der Waals surface area contributed by atoms with Crippen LogP contribution in [0.5, 0.6) is 0 Å². The first-order valence-corrected chi connectivity index (χ1v) is 7.45. The largest absolute Gasteiger partial charge is 0.388 e. The molecule has 2 rings (SSSR count). The third-order valence-corrected chi connectivity index (χ3v) is 4.13. The highest BCUT2D eigenvalue weighted by Gasteiger charge is 2.45. The number of rotatable bonds is 3. The second-order valence-corrected chi connectivity index (χ2v) is 5.82. The maximum atomic E-state index is 10.1. The molecule has 2 fully saturated rings. The van der Waals surface area contributed by atoms with E-state index in [0.29, 0.717) is 0 Å². The van der Waals surface area contributed by atoms with Crippen molar-refractivity contribution in [3.8, 4) is 0 Å². The molecule has 1 unspecified atom stereocenters. The van der Waals surface area contributed by atoms with Gasteiger partial charge in [0.25, 0.3) is 0 Å². The van der Waals surface area contributed by atoms with Gasteiger partial charge in [-0.25, -0.2) is 0 Å². The Morgan fingerprint density at radius 2 is 1.21 bits per heavy atom. The van der Waals surface area contributed by atoms with E-state index in [9.17, 15) is 35.7 Å². The fraction of sp³-hybridized carbons (Fsp3) is 1.00. The summed E-state index contributed by atoms with van der Waals surface area (Å²) in [4.78, 5) is 0. The monoisotopic (exact) mass is 356 g/mol. The highest BCUT2D eigenvalue weighted by molar-refractivity contribution is 4.90. The van der Waals surface area contributed by atoms with Crippen LogP contribution in [0.15, 0.2) is 0 Å². The molecule has 7 N–H and O–H groups in total. The lowest BCUT2D eigenvalue weighted by Crippen LogP contribution is -2.51. The molecule has 0 amide bonds. The van der Waals surface area contributed by atoms with Crippen LogP contribution in [-0.2, 0) is 18.9 Å². The molecule has 142 valence electrons. The van der Waals surface area contributed by atoms with Crippen LogP contribution in [0.4, 0.5) is 0 Å². The fourth-order valence-electron chi connectivity index (χ4n) is 2.57. The van der Waals surface area contributed by atoms with Crippen LogP contribution in [0.1, 0.15) is 0 Å². The minimum atomic E-state index is -1.75. The molecule has 2 saturated heterocycles. The van der Waals surface area contributed by atoms with Crippen LogP contribution in [-0.4, -0.2) is 117 Å². The van der Waals surface area contributed by atoms with E-state index < -0.39 is 68.0 Å². The van der Waals surface area contributed by atoms with Gasteiger partial charge in [0.15, 0.2) is 12.6 Å². The van der Waals surface area contributed by atoms with Gasteiger partial charge in [-0.3, -0.25) is 0 Å². The van der Waals surface area contributed by atoms with E-state index in [1.807, 2.05) is 0 Å². The van der Waals surface area contributed by atoms with Crippen molar-refractivity contribution in [2.75, 3.05) is 20.3 Å². The van der Waals surface area contributed by atoms with Crippen molar-refractivity contribution in [3.63, 3.8) is 0 Å². The number of aliphatic hydroxyl groups is 7. The molecule has 2 aliphatic heterocycles. The van der Waals surface area contributed by atoms with Crippen molar-refractivity contribution in [1.29, 1.82) is 0 Å². The van der Waals surface area contributed by atoms with Gasteiger partial charge in [-0.05, 0) is 0 Å². The standard InChI is InChI=1S/C13H24O11/c1-21-12-10(19)9(18)7(16)5(3-23-12)24-13-11(20)8(17)6(15)4(14)2-22-13/h4-20H,2-3H2,1H3/t4-,5?,6-,7-,8+,9+,10+,11+,12+,13-/m1/s1. The second-order valence-electron chi connectivity index (χ2n) is 5.82. The highest BCUT2D eigenvalue weighted by atomic mass is 16.7. The van der Waals surface area contributed by atoms with Gasteiger partial charge < -0.3 is 54.7 Å². The Balaban J connectivity index is 2.08. The smallest absolute Gasteiger partial charge is 0.186 e. The lowest BCUT2D eigenvalue weighted by atomic mass is 10.0. The SMILES string of the molecule is CO[C@H]1OCC(O[C@H]2OC[C@@H](O)[C@@H](O)[C@H](O)[C@@H]2O)[C@@H](O)[C@H](O)[C@@H]1O. The van der Waals surface area contributed by atoms with Crippen LogP contribution in [0.25, 0.3) is 0 Å². The Labute approximate surface area is 137 Å². The van der Waals surface area contributed by atoms with Crippen molar-refractivity contribution in [2.24, 2.45) is 0 Å². The Morgan fingerprint density at radius 1 is 0.667 bits per heavy atom. The van der Waals surface area contributed by atoms with Crippen molar-refractivity contribution in [2.45, 2.75) is 61.4 Å². The van der Waals surface area contributed by atoms with Gasteiger partial charge in [-0.15, -0.1) is 0 Å². The van der Waals surface area contributed by atoms with Gasteiger partial charge in [0, 0.05) is 7.11 Å². The summed E-state index contributed by atoms with van der Waals surface area (Å²) in [5, 5.41) is 68.7. The summed E-state index contributed by atoms with van der Waals surface area (Å²) in [5.41, 5.74) is 0. The lowest BCUT2D eigenvalue weighted by Gasteiger charge is -2.31. The van der Waals surface area contributed by atoms with Gasteiger partial charge >= 0.3 is 0 Å². The molecule has 2 heterocycles. The van der Waals surface area contributed by atoms with E-state index in [2.05, 4.69) is 0 Å². The van der Waals surface area contributed by atoms with E-state index in [4.69, 9.17) is 18.9 Å². The Hall–Kier alpha value is -0.440. The molecule has 11 heteroatoms. The van der Waals surface area contributed by atoms with Crippen LogP contribution in [0.3, 0.4) is 0 Å². The second kappa shape index (κ2) is 8.29. The number of hydrogen-bond donors (Lipinski definition) is 7. The minimum Gasteiger partial charge on any atom is -0.388 e. The molecule has 0 radical (unpaired) electrons. The van der Waals surface area contributed by atoms with Gasteiger partial charge in [0.2, 0.25) is 0 Å². The minimum absolute atomic E-state index is 0.318. The zero-order valence-electron chi connectivity index (χ0n) is 13.0. The van der Waals surface area contributed by atoms with Crippen LogP contribution in [0.2, 0.25) is 0 Å². The zero-order valence-corrected chi connectivity index (χ0v) is 13.0. The van der Waals surface area contributed by atoms with E-state index >= 15 is 0 Å². The van der Waals surface area contributed by atoms with Crippen LogP contribution in [0, 0.1) is 0 Å². The molecule has 0 aromatic heterocycles. The summed E-state index contributed by atoms with van der Waals surface area (Å²) in [6, 6.07) is 0. The van der Waals surface area contributed by atoms with E-state index in [-0.39, 0.29) is 6.61 Å². The molecule has 0 spiro atoms. The fourth-order valence-corrected chi connectivity index (χ4v) is 2.57. The van der Waals surface area contributed by atoms with Gasteiger partial charge in [-0.2, -0.15) is 0 Å². The summed E-state index contributed by atoms with van der Waals surface area (Å²) >= 11 is 0. The average molecular weight is 356 g/mol. The predicted octanol–water partition coefficient (Wildman–Crippen LogP) is -4.74. The van der Waals surface area contributed by atoms with Gasteiger partial charge in [0.1, 0.15) is 48.8 Å². The number of ether oxygens (including phenoxy) is 4. The first-order chi connectivity index (χ1) is 11.3. The molecule has 0 aromatic rings. The maximum Gasteiger partial charge on any atom is 0.186 e. The van der Waals surface area contributed by atoms with Crippen LogP contribution >= 0.6 is 0 Å². The normalized spacial score (nSPS) is 51.0. The van der Waals surface area contributed by atoms with Gasteiger partial charge in [-0.1, -0.05) is 0 Å². The molecule has 2 aliphatic rings. The van der Waals surface area contributed by atoms with Gasteiger partial charge in [0.05, 0.1) is 13.2 Å². The first kappa shape index (κ1) is 19.9. The average Bonchev–Trinajstić information content (AvgIpc) is 2.73. The predicted molar refractivity (Wildman–Crippen MR) is 73.4 cm³/mol. The molecular weight excluding hydrogens is 332 g/mol. The number of aliphatic hydroxyl groups excluding tert-OH is 7. The van der Waals surface area contributed by atoms with Crippen molar-refractivity contribution < 1.29 is 54.7 Å². The molecule has 0 saturated carbocycles. The molecule has 11 nitrogen and oxygen atoms in total. The first-order valence-electron chi connectivity index (χ1n) is 7.45. The van der Waals surface area contributed by atoms with Crippen LogP contribution < -0.4 is 0 Å². The number of hydrogen-bond acceptors (Lipinski definition) is 11. The molecule has 0 aromatic carbocycles. The van der Waals surface area contributed by atoms with E-state index in [1.165, 1.54) is 7.11 Å². The summed E-state index contributed by atoms with van der Waals surface area (Å²) in [6.45, 7) is -0.753.